The number of hydrogen-bond acceptors (Lipinski definition) is 6. The summed E-state index contributed by atoms with van der Waals surface area (Å²) < 4.78 is 4.12. The van der Waals surface area contributed by atoms with Crippen LogP contribution in [0.5, 0.6) is 0 Å². The van der Waals surface area contributed by atoms with Crippen molar-refractivity contribution in [3.63, 3.8) is 0 Å². The standard InChI is InChI=1S/C20H23N5O3S/c1-5-11-23-18(26)24(12-6-2)20(28)25(19(23)27)13-22(4)14(3)17-21-15-9-7-8-10-16(15)29-17/h5-10,14H,1-2,11-13H2,3-4H3/t14-/m0/s1. The summed E-state index contributed by atoms with van der Waals surface area (Å²) in [6, 6.07) is 7.72. The molecule has 29 heavy (non-hydrogen) atoms. The van der Waals surface area contributed by atoms with Gasteiger partial charge in [0.2, 0.25) is 0 Å². The Hall–Kier alpha value is -3.04. The lowest BCUT2D eigenvalue weighted by atomic mass is 10.3. The van der Waals surface area contributed by atoms with E-state index in [1.165, 1.54) is 12.2 Å². The van der Waals surface area contributed by atoms with Crippen LogP contribution < -0.4 is 17.1 Å². The lowest BCUT2D eigenvalue weighted by Gasteiger charge is -2.24. The summed E-state index contributed by atoms with van der Waals surface area (Å²) in [7, 11) is 1.81. The van der Waals surface area contributed by atoms with Crippen molar-refractivity contribution in [2.24, 2.45) is 0 Å². The summed E-state index contributed by atoms with van der Waals surface area (Å²) in [6.07, 6.45) is 2.90. The highest BCUT2D eigenvalue weighted by atomic mass is 32.1. The maximum Gasteiger partial charge on any atom is 0.337 e. The maximum absolute atomic E-state index is 12.8. The Morgan fingerprint density at radius 2 is 1.59 bits per heavy atom. The molecule has 3 rings (SSSR count). The molecule has 2 heterocycles. The molecule has 0 fully saturated rings. The summed E-state index contributed by atoms with van der Waals surface area (Å²) in [5.74, 6) is 0. The van der Waals surface area contributed by atoms with Gasteiger partial charge in [0.05, 0.1) is 36.0 Å². The zero-order chi connectivity index (χ0) is 21.1. The van der Waals surface area contributed by atoms with Gasteiger partial charge in [0, 0.05) is 0 Å². The second-order valence-corrected chi connectivity index (χ2v) is 7.73. The van der Waals surface area contributed by atoms with Crippen LogP contribution in [0.15, 0.2) is 64.0 Å². The summed E-state index contributed by atoms with van der Waals surface area (Å²) in [4.78, 5) is 44.6. The van der Waals surface area contributed by atoms with Gasteiger partial charge in [-0.2, -0.15) is 0 Å². The van der Waals surface area contributed by atoms with Crippen LogP contribution in [-0.2, 0) is 19.8 Å². The minimum Gasteiger partial charge on any atom is -0.279 e. The van der Waals surface area contributed by atoms with Crippen LogP contribution in [0.3, 0.4) is 0 Å². The van der Waals surface area contributed by atoms with E-state index in [2.05, 4.69) is 18.1 Å². The molecule has 152 valence electrons. The molecule has 2 aromatic heterocycles. The molecule has 9 heteroatoms. The second-order valence-electron chi connectivity index (χ2n) is 6.67. The van der Waals surface area contributed by atoms with Crippen molar-refractivity contribution in [3.8, 4) is 0 Å². The van der Waals surface area contributed by atoms with Crippen LogP contribution in [0.1, 0.15) is 18.0 Å². The van der Waals surface area contributed by atoms with Gasteiger partial charge in [-0.05, 0) is 26.1 Å². The summed E-state index contributed by atoms with van der Waals surface area (Å²) >= 11 is 1.57. The SMILES string of the molecule is C=CCn1c(=O)n(CC=C)c(=O)n(CN(C)[C@@H](C)c2nc3ccccc3s2)c1=O. The smallest absolute Gasteiger partial charge is 0.279 e. The third-order valence-electron chi connectivity index (χ3n) is 4.70. The van der Waals surface area contributed by atoms with Gasteiger partial charge in [-0.1, -0.05) is 24.3 Å². The van der Waals surface area contributed by atoms with Crippen molar-refractivity contribution >= 4 is 21.6 Å². The maximum atomic E-state index is 12.8. The van der Waals surface area contributed by atoms with E-state index in [-0.39, 0.29) is 25.8 Å². The number of thiazole rings is 1. The average Bonchev–Trinajstić information content (AvgIpc) is 3.15. The fraction of sp³-hybridized carbons (Fsp3) is 0.300. The molecule has 3 aromatic rings. The van der Waals surface area contributed by atoms with Crippen molar-refractivity contribution in [1.82, 2.24) is 23.6 Å². The van der Waals surface area contributed by atoms with Gasteiger partial charge in [-0.25, -0.2) is 33.1 Å². The first kappa shape index (κ1) is 20.7. The van der Waals surface area contributed by atoms with E-state index in [4.69, 9.17) is 0 Å². The topological polar surface area (TPSA) is 82.1 Å². The molecule has 1 aromatic carbocycles. The minimum absolute atomic E-state index is 0.0172. The zero-order valence-corrected chi connectivity index (χ0v) is 17.3. The summed E-state index contributed by atoms with van der Waals surface area (Å²) in [6.45, 7) is 9.19. The van der Waals surface area contributed by atoms with E-state index in [0.29, 0.717) is 0 Å². The first-order valence-corrected chi connectivity index (χ1v) is 9.92. The van der Waals surface area contributed by atoms with Gasteiger partial charge in [0.25, 0.3) is 0 Å². The van der Waals surface area contributed by atoms with Gasteiger partial charge in [0.15, 0.2) is 0 Å². The van der Waals surface area contributed by atoms with Gasteiger partial charge in [0.1, 0.15) is 5.01 Å². The zero-order valence-electron chi connectivity index (χ0n) is 16.4. The first-order valence-electron chi connectivity index (χ1n) is 9.11. The van der Waals surface area contributed by atoms with Gasteiger partial charge >= 0.3 is 17.1 Å². The quantitative estimate of drug-likeness (QED) is 0.526. The Kier molecular flexibility index (Phi) is 6.09. The second kappa shape index (κ2) is 8.54. The Morgan fingerprint density at radius 3 is 2.14 bits per heavy atom. The molecule has 0 spiro atoms. The van der Waals surface area contributed by atoms with Gasteiger partial charge in [-0.3, -0.25) is 4.90 Å². The van der Waals surface area contributed by atoms with Crippen molar-refractivity contribution < 1.29 is 0 Å². The molecule has 0 bridgehead atoms. The van der Waals surface area contributed by atoms with Crippen LogP contribution in [0, 0.1) is 0 Å². The van der Waals surface area contributed by atoms with Crippen LogP contribution >= 0.6 is 11.3 Å². The van der Waals surface area contributed by atoms with Crippen LogP contribution in [0.25, 0.3) is 10.2 Å². The predicted octanol–water partition coefficient (Wildman–Crippen LogP) is 1.80. The number of para-hydroxylation sites is 1. The van der Waals surface area contributed by atoms with Crippen molar-refractivity contribution in [3.05, 3.63) is 86.0 Å². The van der Waals surface area contributed by atoms with Crippen LogP contribution in [0.4, 0.5) is 0 Å². The Labute approximate surface area is 171 Å². The molecule has 0 amide bonds. The third kappa shape index (κ3) is 3.92. The molecule has 8 nitrogen and oxygen atoms in total. The van der Waals surface area contributed by atoms with Crippen molar-refractivity contribution in [1.29, 1.82) is 0 Å². The number of fused-ring (bicyclic) bond motifs is 1. The number of aromatic nitrogens is 4. The number of nitrogens with zero attached hydrogens (tertiary/aromatic N) is 5. The Morgan fingerprint density at radius 1 is 1.03 bits per heavy atom. The molecule has 0 aliphatic carbocycles. The van der Waals surface area contributed by atoms with Crippen molar-refractivity contribution in [2.75, 3.05) is 7.05 Å². The fourth-order valence-corrected chi connectivity index (χ4v) is 4.06. The number of rotatable bonds is 8. The van der Waals surface area contributed by atoms with Gasteiger partial charge < -0.3 is 0 Å². The monoisotopic (exact) mass is 413 g/mol. The molecule has 0 saturated carbocycles. The normalized spacial score (nSPS) is 12.4. The predicted molar refractivity (Wildman–Crippen MR) is 115 cm³/mol. The molecule has 0 saturated heterocycles. The lowest BCUT2D eigenvalue weighted by Crippen LogP contribution is -2.55. The van der Waals surface area contributed by atoms with E-state index in [1.807, 2.05) is 43.1 Å². The molecular weight excluding hydrogens is 390 g/mol. The fourth-order valence-electron chi connectivity index (χ4n) is 2.98. The van der Waals surface area contributed by atoms with E-state index >= 15 is 0 Å². The van der Waals surface area contributed by atoms with Gasteiger partial charge in [-0.15, -0.1) is 24.5 Å². The van der Waals surface area contributed by atoms with E-state index in [0.717, 1.165) is 28.9 Å². The Bertz CT molecular complexity index is 1150. The first-order chi connectivity index (χ1) is 13.9. The summed E-state index contributed by atoms with van der Waals surface area (Å²) in [5, 5.41) is 0.882. The third-order valence-corrected chi connectivity index (χ3v) is 5.91. The molecule has 1 atom stereocenters. The highest BCUT2D eigenvalue weighted by Gasteiger charge is 2.20. The Balaban J connectivity index is 2.00. The number of allylic oxidation sites excluding steroid dienone is 2. The molecule has 0 unspecified atom stereocenters. The van der Waals surface area contributed by atoms with E-state index in [1.54, 1.807) is 11.3 Å². The molecular formula is C20H23N5O3S. The number of benzene rings is 1. The highest BCUT2D eigenvalue weighted by molar-refractivity contribution is 7.18. The minimum atomic E-state index is -0.669. The highest BCUT2D eigenvalue weighted by Crippen LogP contribution is 2.28. The van der Waals surface area contributed by atoms with E-state index in [9.17, 15) is 14.4 Å². The molecule has 0 aliphatic heterocycles. The lowest BCUT2D eigenvalue weighted by molar-refractivity contribution is 0.192. The number of hydrogen-bond donors (Lipinski definition) is 0. The summed E-state index contributed by atoms with van der Waals surface area (Å²) in [5.41, 5.74) is -1.08. The van der Waals surface area contributed by atoms with Crippen LogP contribution in [-0.4, -0.2) is 30.6 Å². The molecule has 0 radical (unpaired) electrons. The molecule has 0 N–H and O–H groups in total. The molecule has 0 aliphatic rings. The van der Waals surface area contributed by atoms with Crippen LogP contribution in [0.2, 0.25) is 0 Å². The largest absolute Gasteiger partial charge is 0.337 e. The van der Waals surface area contributed by atoms with Crippen molar-refractivity contribution in [2.45, 2.75) is 32.7 Å². The average molecular weight is 414 g/mol. The van der Waals surface area contributed by atoms with E-state index < -0.39 is 17.1 Å².